The number of nitrogens with one attached hydrogen (secondary N) is 1. The molecule has 1 fully saturated rings. The van der Waals surface area contributed by atoms with Gasteiger partial charge in [0.05, 0.1) is 23.3 Å². The highest BCUT2D eigenvalue weighted by molar-refractivity contribution is 7.80. The fourth-order valence-corrected chi connectivity index (χ4v) is 5.24. The number of hydrogen-bond acceptors (Lipinski definition) is 3. The number of aromatic nitrogens is 1. The number of fused-ring (bicyclic) bond motifs is 1. The van der Waals surface area contributed by atoms with Crippen LogP contribution in [0.2, 0.25) is 5.02 Å². The van der Waals surface area contributed by atoms with E-state index in [1.807, 2.05) is 18.3 Å². The molecule has 3 heterocycles. The molecule has 0 bridgehead atoms. The van der Waals surface area contributed by atoms with Crippen molar-refractivity contribution in [3.8, 4) is 0 Å². The maximum Gasteiger partial charge on any atom is 0.170 e. The smallest absolute Gasteiger partial charge is 0.170 e. The molecule has 0 radical (unpaired) electrons. The maximum atomic E-state index is 6.95. The Morgan fingerprint density at radius 1 is 1.27 bits per heavy atom. The normalized spacial score (nSPS) is 22.6. The second-order valence-corrected chi connectivity index (χ2v) is 9.54. The zero-order valence-corrected chi connectivity index (χ0v) is 19.8. The van der Waals surface area contributed by atoms with Crippen LogP contribution in [0.15, 0.2) is 42.6 Å². The lowest BCUT2D eigenvalue weighted by Crippen LogP contribution is -2.42. The topological polar surface area (TPSA) is 31.4 Å². The van der Waals surface area contributed by atoms with Gasteiger partial charge in [-0.3, -0.25) is 4.98 Å². The summed E-state index contributed by atoms with van der Waals surface area (Å²) < 4.78 is 0. The highest BCUT2D eigenvalue weighted by atomic mass is 35.5. The molecule has 6 heteroatoms. The van der Waals surface area contributed by atoms with E-state index >= 15 is 0 Å². The molecule has 2 aromatic rings. The minimum atomic E-state index is -0.0524. The fraction of sp³-hybridized carbons (Fsp3) is 0.417. The summed E-state index contributed by atoms with van der Waals surface area (Å²) in [6.07, 6.45) is 5.16. The molecule has 0 aliphatic carbocycles. The predicted molar refractivity (Wildman–Crippen MR) is 130 cm³/mol. The molecule has 2 aliphatic heterocycles. The van der Waals surface area contributed by atoms with E-state index in [-0.39, 0.29) is 17.6 Å². The number of anilines is 1. The van der Waals surface area contributed by atoms with Crippen molar-refractivity contribution in [1.82, 2.24) is 15.2 Å². The molecule has 1 N–H and O–H groups in total. The molecule has 4 rings (SSSR count). The van der Waals surface area contributed by atoms with Crippen molar-refractivity contribution in [2.45, 2.75) is 51.7 Å². The van der Waals surface area contributed by atoms with Crippen LogP contribution in [0.4, 0.5) is 5.69 Å². The fourth-order valence-electron chi connectivity index (χ4n) is 4.64. The van der Waals surface area contributed by atoms with E-state index in [2.05, 4.69) is 79.1 Å². The Morgan fingerprint density at radius 3 is 2.70 bits per heavy atom. The van der Waals surface area contributed by atoms with E-state index in [4.69, 9.17) is 23.8 Å². The Labute approximate surface area is 189 Å². The second kappa shape index (κ2) is 7.86. The molecule has 1 aromatic carbocycles. The molecule has 0 spiro atoms. The van der Waals surface area contributed by atoms with Crippen molar-refractivity contribution in [3.63, 3.8) is 0 Å². The number of hydrogen-bond donors (Lipinski definition) is 1. The minimum Gasteiger partial charge on any atom is -0.365 e. The summed E-state index contributed by atoms with van der Waals surface area (Å²) in [4.78, 5) is 9.17. The number of benzene rings is 1. The van der Waals surface area contributed by atoms with Gasteiger partial charge in [0.2, 0.25) is 0 Å². The Bertz CT molecular complexity index is 1000. The van der Waals surface area contributed by atoms with E-state index in [1.165, 1.54) is 16.8 Å². The van der Waals surface area contributed by atoms with Gasteiger partial charge >= 0.3 is 0 Å². The average molecular weight is 441 g/mol. The Morgan fingerprint density at radius 2 is 2.03 bits per heavy atom. The highest BCUT2D eigenvalue weighted by Gasteiger charge is 2.41. The summed E-state index contributed by atoms with van der Waals surface area (Å²) in [6, 6.07) is 10.3. The van der Waals surface area contributed by atoms with Crippen molar-refractivity contribution in [3.05, 3.63) is 64.4 Å². The number of halogens is 1. The number of rotatable bonds is 4. The van der Waals surface area contributed by atoms with Gasteiger partial charge in [-0.1, -0.05) is 30.7 Å². The van der Waals surface area contributed by atoms with Crippen LogP contribution in [0.3, 0.4) is 0 Å². The molecule has 2 atom stereocenters. The van der Waals surface area contributed by atoms with E-state index in [0.717, 1.165) is 34.4 Å². The van der Waals surface area contributed by atoms with Crippen molar-refractivity contribution >= 4 is 40.2 Å². The molecule has 0 unspecified atom stereocenters. The lowest BCUT2D eigenvalue weighted by atomic mass is 9.86. The lowest BCUT2D eigenvalue weighted by molar-refractivity contribution is 0.318. The first kappa shape index (κ1) is 21.1. The average Bonchev–Trinajstić information content (AvgIpc) is 3.03. The summed E-state index contributed by atoms with van der Waals surface area (Å²) >= 11 is 12.7. The van der Waals surface area contributed by atoms with E-state index < -0.39 is 0 Å². The number of allylic oxidation sites excluding steroid dienone is 1. The first-order valence-electron chi connectivity index (χ1n) is 10.5. The number of thiocarbonyl (C=S) groups is 1. The second-order valence-electron chi connectivity index (χ2n) is 8.75. The van der Waals surface area contributed by atoms with Crippen LogP contribution in [0.5, 0.6) is 0 Å². The van der Waals surface area contributed by atoms with Gasteiger partial charge in [0.1, 0.15) is 0 Å². The molecule has 4 nitrogen and oxygen atoms in total. The summed E-state index contributed by atoms with van der Waals surface area (Å²) in [5.41, 5.74) is 5.68. The Balaban J connectivity index is 1.86. The van der Waals surface area contributed by atoms with Crippen LogP contribution in [0, 0.1) is 0 Å². The van der Waals surface area contributed by atoms with Crippen molar-refractivity contribution < 1.29 is 0 Å². The van der Waals surface area contributed by atoms with Crippen molar-refractivity contribution in [1.29, 1.82) is 0 Å². The van der Waals surface area contributed by atoms with E-state index in [0.29, 0.717) is 0 Å². The zero-order valence-electron chi connectivity index (χ0n) is 18.2. The van der Waals surface area contributed by atoms with Crippen LogP contribution >= 0.6 is 23.8 Å². The lowest BCUT2D eigenvalue weighted by Gasteiger charge is -2.41. The molecular weight excluding hydrogens is 412 g/mol. The van der Waals surface area contributed by atoms with E-state index in [9.17, 15) is 0 Å². The highest BCUT2D eigenvalue weighted by Crippen LogP contribution is 2.46. The van der Waals surface area contributed by atoms with Gasteiger partial charge in [-0.05, 0) is 74.8 Å². The number of nitrogens with zero attached hydrogens (tertiary/aromatic N) is 3. The third kappa shape index (κ3) is 3.48. The quantitative estimate of drug-likeness (QED) is 0.612. The SMILES string of the molecule is CCCN1C(=S)N[C@H](c2ccccn2)[C@H]1c1cc2c(cc1Cl)N(C)C(C)(C)C=C2C. The van der Waals surface area contributed by atoms with Gasteiger partial charge in [0.25, 0.3) is 0 Å². The van der Waals surface area contributed by atoms with Gasteiger partial charge in [0.15, 0.2) is 5.11 Å². The van der Waals surface area contributed by atoms with Crippen LogP contribution in [-0.4, -0.2) is 34.1 Å². The molecule has 30 heavy (non-hydrogen) atoms. The van der Waals surface area contributed by atoms with Crippen LogP contribution in [-0.2, 0) is 0 Å². The minimum absolute atomic E-state index is 0.00167. The summed E-state index contributed by atoms with van der Waals surface area (Å²) in [6.45, 7) is 9.67. The van der Waals surface area contributed by atoms with Gasteiger partial charge < -0.3 is 15.1 Å². The van der Waals surface area contributed by atoms with Crippen LogP contribution < -0.4 is 10.2 Å². The molecular formula is C24H29ClN4S. The van der Waals surface area contributed by atoms with E-state index in [1.54, 1.807) is 0 Å². The first-order valence-corrected chi connectivity index (χ1v) is 11.3. The predicted octanol–water partition coefficient (Wildman–Crippen LogP) is 5.75. The summed E-state index contributed by atoms with van der Waals surface area (Å²) in [7, 11) is 2.13. The monoisotopic (exact) mass is 440 g/mol. The molecule has 2 aliphatic rings. The summed E-state index contributed by atoms with van der Waals surface area (Å²) in [5, 5.41) is 5.03. The van der Waals surface area contributed by atoms with Crippen molar-refractivity contribution in [2.24, 2.45) is 0 Å². The maximum absolute atomic E-state index is 6.95. The molecule has 0 amide bonds. The number of likely N-dealkylation sites (N-methyl/N-ethyl adjacent to an activating group) is 1. The van der Waals surface area contributed by atoms with Gasteiger partial charge in [-0.15, -0.1) is 0 Å². The Hall–Kier alpha value is -2.11. The first-order chi connectivity index (χ1) is 14.2. The number of pyridine rings is 1. The third-order valence-corrected chi connectivity index (χ3v) is 7.00. The zero-order chi connectivity index (χ0) is 21.6. The van der Waals surface area contributed by atoms with Gasteiger partial charge in [-0.25, -0.2) is 0 Å². The van der Waals surface area contributed by atoms with Crippen LogP contribution in [0.1, 0.15) is 63.0 Å². The molecule has 1 saturated heterocycles. The van der Waals surface area contributed by atoms with Gasteiger partial charge in [0, 0.05) is 36.1 Å². The third-order valence-electron chi connectivity index (χ3n) is 6.32. The van der Waals surface area contributed by atoms with Crippen molar-refractivity contribution in [2.75, 3.05) is 18.5 Å². The molecule has 158 valence electrons. The molecule has 0 saturated carbocycles. The Kier molecular flexibility index (Phi) is 5.54. The van der Waals surface area contributed by atoms with Gasteiger partial charge in [-0.2, -0.15) is 0 Å². The molecule has 1 aromatic heterocycles. The summed E-state index contributed by atoms with van der Waals surface area (Å²) in [5.74, 6) is 0. The standard InChI is InChI=1S/C24H29ClN4S/c1-6-11-29-22(21(27-23(29)30)19-9-7-8-10-26-19)17-12-16-15(2)14-24(3,4)28(5)20(16)13-18(17)25/h7-10,12-14,21-22H,6,11H2,1-5H3,(H,27,30)/t21-,22-/m1/s1. The largest absolute Gasteiger partial charge is 0.365 e. The van der Waals surface area contributed by atoms with Crippen LogP contribution in [0.25, 0.3) is 5.57 Å².